The van der Waals surface area contributed by atoms with Gasteiger partial charge >= 0.3 is 23.9 Å². The molecular formula is C24H42O8. The van der Waals surface area contributed by atoms with Crippen molar-refractivity contribution >= 4 is 23.9 Å². The van der Waals surface area contributed by atoms with Gasteiger partial charge in [-0.2, -0.15) is 0 Å². The van der Waals surface area contributed by atoms with Crippen molar-refractivity contribution in [3.63, 3.8) is 0 Å². The summed E-state index contributed by atoms with van der Waals surface area (Å²) in [4.78, 5) is 49.4. The average Bonchev–Trinajstić information content (AvgIpc) is 2.73. The van der Waals surface area contributed by atoms with E-state index >= 15 is 0 Å². The van der Waals surface area contributed by atoms with Crippen LogP contribution in [0.2, 0.25) is 0 Å². The number of rotatable bonds is 13. The molecule has 0 radical (unpaired) electrons. The van der Waals surface area contributed by atoms with E-state index in [1.54, 1.807) is 41.5 Å². The largest absolute Gasteiger partial charge is 0.469 e. The summed E-state index contributed by atoms with van der Waals surface area (Å²) < 4.78 is 20.4. The fourth-order valence-corrected chi connectivity index (χ4v) is 3.94. The molecule has 0 bridgehead atoms. The summed E-state index contributed by atoms with van der Waals surface area (Å²) in [6, 6.07) is 0. The van der Waals surface area contributed by atoms with Gasteiger partial charge in [0.25, 0.3) is 0 Å². The molecule has 0 aromatic carbocycles. The Balaban J connectivity index is 4.91. The van der Waals surface area contributed by atoms with E-state index < -0.39 is 39.6 Å². The van der Waals surface area contributed by atoms with Crippen LogP contribution in [0.15, 0.2) is 0 Å². The maximum atomic E-state index is 12.7. The fraction of sp³-hybridized carbons (Fsp3) is 0.833. The first-order valence-corrected chi connectivity index (χ1v) is 11.1. The SMILES string of the molecule is CCC(C)(CC(C)(C)C(=O)OCCOC(=O)C(C)(CC)CC(C)(C)C(=O)OC)C(=O)OC. The van der Waals surface area contributed by atoms with Crippen LogP contribution >= 0.6 is 0 Å². The van der Waals surface area contributed by atoms with Crippen LogP contribution in [0.4, 0.5) is 0 Å². The molecule has 0 heterocycles. The predicted octanol–water partition coefficient (Wildman–Crippen LogP) is 4.08. The molecule has 8 heteroatoms. The molecule has 0 spiro atoms. The van der Waals surface area contributed by atoms with Crippen LogP contribution < -0.4 is 0 Å². The minimum Gasteiger partial charge on any atom is -0.469 e. The van der Waals surface area contributed by atoms with Gasteiger partial charge in [0.2, 0.25) is 0 Å². The van der Waals surface area contributed by atoms with Crippen LogP contribution in [0.5, 0.6) is 0 Å². The highest BCUT2D eigenvalue weighted by Gasteiger charge is 2.44. The minimum absolute atomic E-state index is 0.100. The molecule has 0 amide bonds. The Kier molecular flexibility index (Phi) is 10.9. The highest BCUT2D eigenvalue weighted by molar-refractivity contribution is 5.81. The molecule has 0 aliphatic carbocycles. The van der Waals surface area contributed by atoms with Gasteiger partial charge in [0.05, 0.1) is 35.9 Å². The van der Waals surface area contributed by atoms with Crippen molar-refractivity contribution in [2.75, 3.05) is 27.4 Å². The second-order valence-electron chi connectivity index (χ2n) is 10.2. The number of carbonyl (C=O) groups is 4. The molecule has 186 valence electrons. The molecule has 2 unspecified atom stereocenters. The van der Waals surface area contributed by atoms with Crippen LogP contribution in [-0.2, 0) is 38.1 Å². The zero-order valence-corrected chi connectivity index (χ0v) is 21.5. The number of ether oxygens (including phenoxy) is 4. The lowest BCUT2D eigenvalue weighted by molar-refractivity contribution is -0.169. The van der Waals surface area contributed by atoms with E-state index in [1.807, 2.05) is 13.8 Å². The number of esters is 4. The van der Waals surface area contributed by atoms with Gasteiger partial charge in [-0.05, 0) is 67.2 Å². The first-order chi connectivity index (χ1) is 14.5. The molecule has 2 atom stereocenters. The minimum atomic E-state index is -0.925. The molecule has 32 heavy (non-hydrogen) atoms. The number of carbonyl (C=O) groups excluding carboxylic acids is 4. The van der Waals surface area contributed by atoms with Crippen molar-refractivity contribution in [1.82, 2.24) is 0 Å². The standard InChI is InChI=1S/C24H42O8/c1-11-23(7,19(27)30-10)16-22(5,6)18(26)31-13-14-32-20(28)24(8,12-2)15-21(3,4)17(25)29-9/h11-16H2,1-10H3. The van der Waals surface area contributed by atoms with Gasteiger partial charge in [0, 0.05) is 0 Å². The van der Waals surface area contributed by atoms with Crippen LogP contribution in [0.25, 0.3) is 0 Å². The molecule has 0 rings (SSSR count). The van der Waals surface area contributed by atoms with Crippen molar-refractivity contribution in [1.29, 1.82) is 0 Å². The van der Waals surface area contributed by atoms with Crippen LogP contribution in [0.1, 0.15) is 81.1 Å². The molecule has 0 aromatic heterocycles. The molecule has 0 N–H and O–H groups in total. The molecule has 0 aromatic rings. The lowest BCUT2D eigenvalue weighted by Gasteiger charge is -2.34. The normalized spacial score (nSPS) is 15.7. The number of methoxy groups -OCH3 is 2. The third kappa shape index (κ3) is 7.78. The predicted molar refractivity (Wildman–Crippen MR) is 120 cm³/mol. The maximum absolute atomic E-state index is 12.7. The van der Waals surface area contributed by atoms with E-state index in [0.29, 0.717) is 12.8 Å². The van der Waals surface area contributed by atoms with E-state index in [9.17, 15) is 19.2 Å². The molecular weight excluding hydrogens is 416 g/mol. The Labute approximate surface area is 192 Å². The van der Waals surface area contributed by atoms with Crippen molar-refractivity contribution in [3.05, 3.63) is 0 Å². The highest BCUT2D eigenvalue weighted by Crippen LogP contribution is 2.39. The second kappa shape index (κ2) is 11.7. The van der Waals surface area contributed by atoms with Gasteiger partial charge < -0.3 is 18.9 Å². The van der Waals surface area contributed by atoms with Crippen molar-refractivity contribution in [2.45, 2.75) is 81.1 Å². The Morgan fingerprint density at radius 1 is 0.562 bits per heavy atom. The summed E-state index contributed by atoms with van der Waals surface area (Å²) >= 11 is 0. The highest BCUT2D eigenvalue weighted by atomic mass is 16.6. The summed E-state index contributed by atoms with van der Waals surface area (Å²) in [6.45, 7) is 13.9. The monoisotopic (exact) mass is 458 g/mol. The van der Waals surface area contributed by atoms with E-state index in [2.05, 4.69) is 0 Å². The van der Waals surface area contributed by atoms with Gasteiger partial charge in [-0.15, -0.1) is 0 Å². The first kappa shape index (κ1) is 29.9. The summed E-state index contributed by atoms with van der Waals surface area (Å²) in [5.74, 6) is -1.71. The van der Waals surface area contributed by atoms with Gasteiger partial charge in [0.15, 0.2) is 0 Å². The van der Waals surface area contributed by atoms with Crippen LogP contribution in [-0.4, -0.2) is 51.3 Å². The fourth-order valence-electron chi connectivity index (χ4n) is 3.94. The maximum Gasteiger partial charge on any atom is 0.311 e. The zero-order chi connectivity index (χ0) is 25.4. The molecule has 0 aliphatic rings. The van der Waals surface area contributed by atoms with Gasteiger partial charge in [-0.25, -0.2) is 0 Å². The van der Waals surface area contributed by atoms with Gasteiger partial charge in [-0.3, -0.25) is 19.2 Å². The Hall–Kier alpha value is -2.12. The van der Waals surface area contributed by atoms with E-state index in [0.717, 1.165) is 0 Å². The van der Waals surface area contributed by atoms with E-state index in [-0.39, 0.29) is 32.0 Å². The first-order valence-electron chi connectivity index (χ1n) is 11.1. The topological polar surface area (TPSA) is 105 Å². The lowest BCUT2D eigenvalue weighted by atomic mass is 9.72. The summed E-state index contributed by atoms with van der Waals surface area (Å²) in [6.07, 6.45) is 1.52. The lowest BCUT2D eigenvalue weighted by Crippen LogP contribution is -2.39. The van der Waals surface area contributed by atoms with Crippen molar-refractivity contribution < 1.29 is 38.1 Å². The van der Waals surface area contributed by atoms with Crippen molar-refractivity contribution in [2.24, 2.45) is 21.7 Å². The van der Waals surface area contributed by atoms with Gasteiger partial charge in [0.1, 0.15) is 13.2 Å². The summed E-state index contributed by atoms with van der Waals surface area (Å²) in [7, 11) is 2.64. The van der Waals surface area contributed by atoms with Gasteiger partial charge in [-0.1, -0.05) is 13.8 Å². The molecule has 0 fully saturated rings. The molecule has 0 saturated carbocycles. The van der Waals surface area contributed by atoms with Crippen LogP contribution in [0.3, 0.4) is 0 Å². The smallest absolute Gasteiger partial charge is 0.311 e. The second-order valence-corrected chi connectivity index (χ2v) is 10.2. The summed E-state index contributed by atoms with van der Waals surface area (Å²) in [5, 5.41) is 0. The van der Waals surface area contributed by atoms with Crippen molar-refractivity contribution in [3.8, 4) is 0 Å². The number of hydrogen-bond acceptors (Lipinski definition) is 8. The van der Waals surface area contributed by atoms with E-state index in [1.165, 1.54) is 14.2 Å². The van der Waals surface area contributed by atoms with E-state index in [4.69, 9.17) is 18.9 Å². The third-order valence-corrected chi connectivity index (χ3v) is 6.24. The Morgan fingerprint density at radius 2 is 0.906 bits per heavy atom. The van der Waals surface area contributed by atoms with Crippen LogP contribution in [0, 0.1) is 21.7 Å². The molecule has 0 saturated heterocycles. The zero-order valence-electron chi connectivity index (χ0n) is 21.5. The number of hydrogen-bond donors (Lipinski definition) is 0. The third-order valence-electron chi connectivity index (χ3n) is 6.24. The molecule has 0 aliphatic heterocycles. The summed E-state index contributed by atoms with van der Waals surface area (Å²) in [5.41, 5.74) is -3.46. The quantitative estimate of drug-likeness (QED) is 0.231. The average molecular weight is 459 g/mol. The Bertz CT molecular complexity index is 681. The molecule has 8 nitrogen and oxygen atoms in total. The Morgan fingerprint density at radius 3 is 1.28 bits per heavy atom.